The molecule has 0 aliphatic carbocycles. The van der Waals surface area contributed by atoms with Crippen molar-refractivity contribution >= 4 is 17.3 Å². The van der Waals surface area contributed by atoms with Crippen LogP contribution in [0.15, 0.2) is 47.6 Å². The van der Waals surface area contributed by atoms with Gasteiger partial charge in [0.05, 0.1) is 19.9 Å². The van der Waals surface area contributed by atoms with Gasteiger partial charge < -0.3 is 24.4 Å². The lowest BCUT2D eigenvalue weighted by atomic mass is 10.0. The Kier molecular flexibility index (Phi) is 5.81. The van der Waals surface area contributed by atoms with Crippen LogP contribution in [-0.2, 0) is 9.63 Å². The summed E-state index contributed by atoms with van der Waals surface area (Å²) in [6.07, 6.45) is -5.49. The second-order valence-electron chi connectivity index (χ2n) is 5.96. The van der Waals surface area contributed by atoms with Crippen molar-refractivity contribution in [1.82, 2.24) is 0 Å². The highest BCUT2D eigenvalue weighted by atomic mass is 19.4. The number of nitrogens with zero attached hydrogens (tertiary/aromatic N) is 1. The highest BCUT2D eigenvalue weighted by Crippen LogP contribution is 2.29. The molecular formula is C19H17F3N2O5. The number of benzene rings is 2. The third kappa shape index (κ3) is 5.09. The molecule has 0 aromatic heterocycles. The van der Waals surface area contributed by atoms with Gasteiger partial charge in [-0.2, -0.15) is 0 Å². The molecule has 1 N–H and O–H groups in total. The molecule has 1 amide bonds. The fourth-order valence-corrected chi connectivity index (χ4v) is 2.68. The van der Waals surface area contributed by atoms with Gasteiger partial charge in [0.25, 0.3) is 5.91 Å². The van der Waals surface area contributed by atoms with E-state index in [1.54, 1.807) is 18.2 Å². The zero-order valence-corrected chi connectivity index (χ0v) is 15.4. The first kappa shape index (κ1) is 20.3. The topological polar surface area (TPSA) is 78.4 Å². The van der Waals surface area contributed by atoms with E-state index in [-0.39, 0.29) is 12.2 Å². The molecule has 10 heteroatoms. The number of rotatable bonds is 6. The highest BCUT2D eigenvalue weighted by Gasteiger charge is 2.32. The van der Waals surface area contributed by atoms with Gasteiger partial charge in [0.2, 0.25) is 6.10 Å². The molecule has 0 bridgehead atoms. The van der Waals surface area contributed by atoms with Gasteiger partial charge in [0.15, 0.2) is 0 Å². The SMILES string of the molecule is COc1ccc(OC)c(C2=NOC(C(=O)Nc3ccc(OC(F)(F)F)cc3)C2)c1. The van der Waals surface area contributed by atoms with E-state index in [1.165, 1.54) is 26.4 Å². The lowest BCUT2D eigenvalue weighted by Gasteiger charge is -2.12. The van der Waals surface area contributed by atoms with E-state index in [0.29, 0.717) is 28.5 Å². The van der Waals surface area contributed by atoms with Crippen LogP contribution in [0.5, 0.6) is 17.2 Å². The van der Waals surface area contributed by atoms with Gasteiger partial charge in [-0.05, 0) is 42.5 Å². The Morgan fingerprint density at radius 2 is 1.79 bits per heavy atom. The van der Waals surface area contributed by atoms with Crippen LogP contribution in [0.2, 0.25) is 0 Å². The minimum atomic E-state index is -4.78. The highest BCUT2D eigenvalue weighted by molar-refractivity contribution is 6.07. The largest absolute Gasteiger partial charge is 0.573 e. The smallest absolute Gasteiger partial charge is 0.497 e. The van der Waals surface area contributed by atoms with Crippen molar-refractivity contribution in [2.75, 3.05) is 19.5 Å². The van der Waals surface area contributed by atoms with Crippen molar-refractivity contribution in [3.05, 3.63) is 48.0 Å². The Balaban J connectivity index is 1.63. The van der Waals surface area contributed by atoms with E-state index >= 15 is 0 Å². The molecule has 0 saturated carbocycles. The maximum Gasteiger partial charge on any atom is 0.573 e. The predicted molar refractivity (Wildman–Crippen MR) is 97.3 cm³/mol. The van der Waals surface area contributed by atoms with Crippen LogP contribution < -0.4 is 19.5 Å². The summed E-state index contributed by atoms with van der Waals surface area (Å²) in [7, 11) is 3.04. The number of halogens is 3. The molecule has 0 fully saturated rings. The number of carbonyl (C=O) groups is 1. The lowest BCUT2D eigenvalue weighted by molar-refractivity contribution is -0.274. The van der Waals surface area contributed by atoms with Crippen LogP contribution in [0.4, 0.5) is 18.9 Å². The molecule has 154 valence electrons. The molecule has 1 heterocycles. The second kappa shape index (κ2) is 8.29. The maximum absolute atomic E-state index is 12.4. The number of anilines is 1. The summed E-state index contributed by atoms with van der Waals surface area (Å²) in [4.78, 5) is 17.6. The molecule has 1 unspecified atom stereocenters. The summed E-state index contributed by atoms with van der Waals surface area (Å²) in [6.45, 7) is 0. The number of oxime groups is 1. The molecule has 1 atom stereocenters. The normalized spacial score (nSPS) is 15.9. The summed E-state index contributed by atoms with van der Waals surface area (Å²) < 4.78 is 50.9. The Bertz CT molecular complexity index is 913. The molecule has 0 radical (unpaired) electrons. The zero-order valence-electron chi connectivity index (χ0n) is 15.4. The third-order valence-corrected chi connectivity index (χ3v) is 4.03. The number of hydrogen-bond donors (Lipinski definition) is 1. The Morgan fingerprint density at radius 3 is 2.41 bits per heavy atom. The Morgan fingerprint density at radius 1 is 1.10 bits per heavy atom. The van der Waals surface area contributed by atoms with Gasteiger partial charge >= 0.3 is 6.36 Å². The Labute approximate surface area is 164 Å². The standard InChI is InChI=1S/C19H17F3N2O5/c1-26-13-7-8-16(27-2)14(9-13)15-10-17(29-24-15)18(25)23-11-3-5-12(6-4-11)28-19(20,21)22/h3-9,17H,10H2,1-2H3,(H,23,25). The van der Waals surface area contributed by atoms with Crippen molar-refractivity contribution in [2.45, 2.75) is 18.9 Å². The van der Waals surface area contributed by atoms with E-state index in [2.05, 4.69) is 15.2 Å². The molecule has 2 aromatic carbocycles. The van der Waals surface area contributed by atoms with Crippen molar-refractivity contribution in [3.8, 4) is 17.2 Å². The molecule has 1 aliphatic heterocycles. The van der Waals surface area contributed by atoms with Crippen LogP contribution in [-0.4, -0.2) is 38.3 Å². The Hall–Kier alpha value is -3.43. The van der Waals surface area contributed by atoms with Gasteiger partial charge in [-0.15, -0.1) is 13.2 Å². The van der Waals surface area contributed by atoms with Gasteiger partial charge in [-0.25, -0.2) is 0 Å². The predicted octanol–water partition coefficient (Wildman–Crippen LogP) is 3.73. The number of carbonyl (C=O) groups excluding carboxylic acids is 1. The zero-order chi connectivity index (χ0) is 21.0. The lowest BCUT2D eigenvalue weighted by Crippen LogP contribution is -2.28. The summed E-state index contributed by atoms with van der Waals surface area (Å²) in [6, 6.07) is 9.95. The number of methoxy groups -OCH3 is 2. The van der Waals surface area contributed by atoms with Crippen molar-refractivity contribution in [2.24, 2.45) is 5.16 Å². The number of hydrogen-bond acceptors (Lipinski definition) is 6. The molecule has 2 aromatic rings. The summed E-state index contributed by atoms with van der Waals surface area (Å²) in [5.41, 5.74) is 1.44. The minimum Gasteiger partial charge on any atom is -0.497 e. The quantitative estimate of drug-likeness (QED) is 0.785. The first-order chi connectivity index (χ1) is 13.8. The summed E-state index contributed by atoms with van der Waals surface area (Å²) in [5, 5.41) is 6.53. The number of amides is 1. The molecule has 0 saturated heterocycles. The fourth-order valence-electron chi connectivity index (χ4n) is 2.68. The molecule has 7 nitrogen and oxygen atoms in total. The van der Waals surface area contributed by atoms with Gasteiger partial charge in [0, 0.05) is 17.7 Å². The van der Waals surface area contributed by atoms with Gasteiger partial charge in [0.1, 0.15) is 17.2 Å². The minimum absolute atomic E-state index is 0.185. The van der Waals surface area contributed by atoms with Crippen LogP contribution >= 0.6 is 0 Å². The van der Waals surface area contributed by atoms with Crippen LogP contribution in [0.3, 0.4) is 0 Å². The first-order valence-electron chi connectivity index (χ1n) is 8.41. The number of nitrogens with one attached hydrogen (secondary N) is 1. The van der Waals surface area contributed by atoms with E-state index in [4.69, 9.17) is 14.3 Å². The molecular weight excluding hydrogens is 393 g/mol. The molecule has 1 aliphatic rings. The number of ether oxygens (including phenoxy) is 3. The van der Waals surface area contributed by atoms with Crippen molar-refractivity contribution in [1.29, 1.82) is 0 Å². The maximum atomic E-state index is 12.4. The molecule has 0 spiro atoms. The van der Waals surface area contributed by atoms with Gasteiger partial charge in [-0.3, -0.25) is 4.79 Å². The van der Waals surface area contributed by atoms with E-state index < -0.39 is 18.4 Å². The van der Waals surface area contributed by atoms with Crippen LogP contribution in [0.25, 0.3) is 0 Å². The fraction of sp³-hybridized carbons (Fsp3) is 0.263. The first-order valence-corrected chi connectivity index (χ1v) is 8.41. The van der Waals surface area contributed by atoms with Crippen LogP contribution in [0, 0.1) is 0 Å². The van der Waals surface area contributed by atoms with E-state index in [0.717, 1.165) is 12.1 Å². The summed E-state index contributed by atoms with van der Waals surface area (Å²) >= 11 is 0. The van der Waals surface area contributed by atoms with Crippen LogP contribution in [0.1, 0.15) is 12.0 Å². The van der Waals surface area contributed by atoms with Crippen molar-refractivity contribution in [3.63, 3.8) is 0 Å². The molecule has 29 heavy (non-hydrogen) atoms. The average molecular weight is 410 g/mol. The number of alkyl halides is 3. The van der Waals surface area contributed by atoms with Crippen molar-refractivity contribution < 1.29 is 37.0 Å². The molecule has 3 rings (SSSR count). The third-order valence-electron chi connectivity index (χ3n) is 4.03. The van der Waals surface area contributed by atoms with E-state index in [1.807, 2.05) is 0 Å². The monoisotopic (exact) mass is 410 g/mol. The van der Waals surface area contributed by atoms with E-state index in [9.17, 15) is 18.0 Å². The van der Waals surface area contributed by atoms with Gasteiger partial charge in [-0.1, -0.05) is 5.16 Å². The summed E-state index contributed by atoms with van der Waals surface area (Å²) in [5.74, 6) is 0.269. The average Bonchev–Trinajstić information content (AvgIpc) is 3.18. The second-order valence-corrected chi connectivity index (χ2v) is 5.96.